The molecular formula is C15H21N5. The highest BCUT2D eigenvalue weighted by Gasteiger charge is 2.07. The predicted molar refractivity (Wildman–Crippen MR) is 82.6 cm³/mol. The van der Waals surface area contributed by atoms with Gasteiger partial charge in [0.15, 0.2) is 0 Å². The van der Waals surface area contributed by atoms with E-state index in [0.717, 1.165) is 30.8 Å². The molecule has 5 heteroatoms. The van der Waals surface area contributed by atoms with Gasteiger partial charge >= 0.3 is 0 Å². The summed E-state index contributed by atoms with van der Waals surface area (Å²) in [5.41, 5.74) is 4.90. The van der Waals surface area contributed by atoms with E-state index in [0.29, 0.717) is 11.6 Å². The Bertz CT molecular complexity index is 554. The van der Waals surface area contributed by atoms with Crippen LogP contribution in [0.25, 0.3) is 0 Å². The number of nitrogens with one attached hydrogen (secondary N) is 2. The van der Waals surface area contributed by atoms with Crippen molar-refractivity contribution in [2.24, 2.45) is 5.84 Å². The lowest BCUT2D eigenvalue weighted by Crippen LogP contribution is -2.14. The summed E-state index contributed by atoms with van der Waals surface area (Å²) in [6.07, 6.45) is 2.11. The zero-order chi connectivity index (χ0) is 14.4. The lowest BCUT2D eigenvalue weighted by atomic mass is 10.1. The molecule has 4 N–H and O–H groups in total. The zero-order valence-electron chi connectivity index (χ0n) is 12.0. The van der Waals surface area contributed by atoms with Crippen LogP contribution in [-0.4, -0.2) is 16.5 Å². The lowest BCUT2D eigenvalue weighted by Gasteiger charge is -2.12. The summed E-state index contributed by atoms with van der Waals surface area (Å²) in [6, 6.07) is 10.5. The molecule has 0 amide bonds. The van der Waals surface area contributed by atoms with Crippen molar-refractivity contribution in [1.82, 2.24) is 9.97 Å². The molecular weight excluding hydrogens is 250 g/mol. The SMILES string of the molecule is Cc1nc(NN)c(C)c(NCCCc2ccccc2)n1. The van der Waals surface area contributed by atoms with E-state index in [-0.39, 0.29) is 0 Å². The molecule has 0 saturated carbocycles. The second-order valence-corrected chi connectivity index (χ2v) is 4.75. The fraction of sp³-hybridized carbons (Fsp3) is 0.333. The first-order valence-corrected chi connectivity index (χ1v) is 6.80. The minimum Gasteiger partial charge on any atom is -0.370 e. The number of aromatic nitrogens is 2. The highest BCUT2D eigenvalue weighted by atomic mass is 15.3. The number of benzene rings is 1. The van der Waals surface area contributed by atoms with Crippen LogP contribution in [-0.2, 0) is 6.42 Å². The van der Waals surface area contributed by atoms with Crippen LogP contribution in [0.1, 0.15) is 23.4 Å². The predicted octanol–water partition coefficient (Wildman–Crippen LogP) is 2.42. The molecule has 2 rings (SSSR count). The highest BCUT2D eigenvalue weighted by Crippen LogP contribution is 2.18. The van der Waals surface area contributed by atoms with Gasteiger partial charge in [-0.05, 0) is 32.3 Å². The van der Waals surface area contributed by atoms with Gasteiger partial charge in [-0.25, -0.2) is 15.8 Å². The third kappa shape index (κ3) is 3.68. The van der Waals surface area contributed by atoms with E-state index in [1.165, 1.54) is 5.56 Å². The molecule has 20 heavy (non-hydrogen) atoms. The average molecular weight is 271 g/mol. The van der Waals surface area contributed by atoms with Crippen LogP contribution in [0.3, 0.4) is 0 Å². The quantitative estimate of drug-likeness (QED) is 0.427. The van der Waals surface area contributed by atoms with E-state index in [9.17, 15) is 0 Å². The average Bonchev–Trinajstić information content (AvgIpc) is 2.47. The molecule has 0 atom stereocenters. The Labute approximate surface area is 119 Å². The van der Waals surface area contributed by atoms with Gasteiger partial charge in [0.25, 0.3) is 0 Å². The topological polar surface area (TPSA) is 75.9 Å². The summed E-state index contributed by atoms with van der Waals surface area (Å²) in [7, 11) is 0. The van der Waals surface area contributed by atoms with E-state index in [1.54, 1.807) is 0 Å². The first kappa shape index (κ1) is 14.3. The van der Waals surface area contributed by atoms with Gasteiger partial charge < -0.3 is 10.7 Å². The fourth-order valence-electron chi connectivity index (χ4n) is 2.09. The van der Waals surface area contributed by atoms with Crippen LogP contribution < -0.4 is 16.6 Å². The normalized spacial score (nSPS) is 10.3. The van der Waals surface area contributed by atoms with Gasteiger partial charge in [0.1, 0.15) is 17.5 Å². The van der Waals surface area contributed by atoms with Gasteiger partial charge in [-0.2, -0.15) is 0 Å². The van der Waals surface area contributed by atoms with Gasteiger partial charge in [-0.1, -0.05) is 30.3 Å². The van der Waals surface area contributed by atoms with Crippen molar-refractivity contribution in [3.63, 3.8) is 0 Å². The summed E-state index contributed by atoms with van der Waals surface area (Å²) < 4.78 is 0. The third-order valence-electron chi connectivity index (χ3n) is 3.17. The Morgan fingerprint density at radius 3 is 2.45 bits per heavy atom. The van der Waals surface area contributed by atoms with Crippen molar-refractivity contribution in [2.45, 2.75) is 26.7 Å². The Morgan fingerprint density at radius 1 is 1.05 bits per heavy atom. The number of aryl methyl sites for hydroxylation is 2. The molecule has 0 aliphatic heterocycles. The maximum absolute atomic E-state index is 5.45. The fourth-order valence-corrected chi connectivity index (χ4v) is 2.09. The van der Waals surface area contributed by atoms with Crippen LogP contribution in [0.5, 0.6) is 0 Å². The number of nitrogens with zero attached hydrogens (tertiary/aromatic N) is 2. The van der Waals surface area contributed by atoms with Crippen molar-refractivity contribution in [1.29, 1.82) is 0 Å². The van der Waals surface area contributed by atoms with E-state index in [4.69, 9.17) is 5.84 Å². The summed E-state index contributed by atoms with van der Waals surface area (Å²) >= 11 is 0. The number of hydrazine groups is 1. The summed E-state index contributed by atoms with van der Waals surface area (Å²) in [5, 5.41) is 3.35. The molecule has 2 aromatic rings. The summed E-state index contributed by atoms with van der Waals surface area (Å²) in [4.78, 5) is 8.65. The van der Waals surface area contributed by atoms with E-state index >= 15 is 0 Å². The van der Waals surface area contributed by atoms with Crippen molar-refractivity contribution < 1.29 is 0 Å². The Hall–Kier alpha value is -2.14. The van der Waals surface area contributed by atoms with Crippen molar-refractivity contribution in [3.8, 4) is 0 Å². The van der Waals surface area contributed by atoms with Gasteiger partial charge in [-0.3, -0.25) is 0 Å². The molecule has 1 heterocycles. The van der Waals surface area contributed by atoms with Crippen LogP contribution in [0, 0.1) is 13.8 Å². The maximum atomic E-state index is 5.45. The zero-order valence-corrected chi connectivity index (χ0v) is 12.0. The molecule has 0 unspecified atom stereocenters. The molecule has 0 spiro atoms. The smallest absolute Gasteiger partial charge is 0.148 e. The largest absolute Gasteiger partial charge is 0.370 e. The Morgan fingerprint density at radius 2 is 1.75 bits per heavy atom. The van der Waals surface area contributed by atoms with Crippen LogP contribution in [0.15, 0.2) is 30.3 Å². The van der Waals surface area contributed by atoms with Crippen molar-refractivity contribution in [3.05, 3.63) is 47.3 Å². The van der Waals surface area contributed by atoms with Gasteiger partial charge in [-0.15, -0.1) is 0 Å². The second-order valence-electron chi connectivity index (χ2n) is 4.75. The van der Waals surface area contributed by atoms with E-state index in [1.807, 2.05) is 19.9 Å². The molecule has 0 aliphatic carbocycles. The van der Waals surface area contributed by atoms with Crippen molar-refractivity contribution in [2.75, 3.05) is 17.3 Å². The maximum Gasteiger partial charge on any atom is 0.148 e. The van der Waals surface area contributed by atoms with Crippen LogP contribution >= 0.6 is 0 Å². The molecule has 5 nitrogen and oxygen atoms in total. The molecule has 0 saturated heterocycles. The number of hydrogen-bond acceptors (Lipinski definition) is 5. The third-order valence-corrected chi connectivity index (χ3v) is 3.17. The molecule has 0 fully saturated rings. The number of nitrogens with two attached hydrogens (primary N) is 1. The van der Waals surface area contributed by atoms with Gasteiger partial charge in [0.2, 0.25) is 0 Å². The standard InChI is InChI=1S/C15H21N5/c1-11-14(18-12(2)19-15(11)20-16)17-10-6-9-13-7-4-3-5-8-13/h3-5,7-8H,6,9-10,16H2,1-2H3,(H2,17,18,19,20). The van der Waals surface area contributed by atoms with E-state index in [2.05, 4.69) is 45.0 Å². The Balaban J connectivity index is 1.90. The summed E-state index contributed by atoms with van der Waals surface area (Å²) in [6.45, 7) is 4.68. The van der Waals surface area contributed by atoms with Gasteiger partial charge in [0.05, 0.1) is 0 Å². The number of hydrogen-bond donors (Lipinski definition) is 3. The minimum atomic E-state index is 0.669. The molecule has 1 aromatic carbocycles. The molecule has 106 valence electrons. The first-order chi connectivity index (χ1) is 9.70. The van der Waals surface area contributed by atoms with Crippen LogP contribution in [0.2, 0.25) is 0 Å². The highest BCUT2D eigenvalue weighted by molar-refractivity contribution is 5.56. The number of anilines is 2. The Kier molecular flexibility index (Phi) is 4.90. The minimum absolute atomic E-state index is 0.669. The van der Waals surface area contributed by atoms with Gasteiger partial charge in [0, 0.05) is 12.1 Å². The second kappa shape index (κ2) is 6.86. The molecule has 0 radical (unpaired) electrons. The lowest BCUT2D eigenvalue weighted by molar-refractivity contribution is 0.854. The van der Waals surface area contributed by atoms with E-state index < -0.39 is 0 Å². The number of nitrogen functional groups attached to an aromatic ring is 1. The van der Waals surface area contributed by atoms with Crippen LogP contribution in [0.4, 0.5) is 11.6 Å². The number of rotatable bonds is 6. The first-order valence-electron chi connectivity index (χ1n) is 6.80. The molecule has 0 aliphatic rings. The monoisotopic (exact) mass is 271 g/mol. The molecule has 0 bridgehead atoms. The molecule has 1 aromatic heterocycles. The van der Waals surface area contributed by atoms with Crippen molar-refractivity contribution >= 4 is 11.6 Å². The summed E-state index contributed by atoms with van der Waals surface area (Å²) in [5.74, 6) is 7.67.